The average molecular weight is 438 g/mol. The van der Waals surface area contributed by atoms with E-state index in [1.54, 1.807) is 7.11 Å². The van der Waals surface area contributed by atoms with Crippen molar-refractivity contribution in [3.63, 3.8) is 0 Å². The Bertz CT molecular complexity index is 1010. The van der Waals surface area contributed by atoms with Gasteiger partial charge in [0, 0.05) is 24.1 Å². The fraction of sp³-hybridized carbons (Fsp3) is 0.333. The molecule has 4 rings (SSSR count). The van der Waals surface area contributed by atoms with Gasteiger partial charge >= 0.3 is 0 Å². The molecule has 0 spiro atoms. The fourth-order valence-corrected chi connectivity index (χ4v) is 4.43. The highest BCUT2D eigenvalue weighted by molar-refractivity contribution is 7.14. The molecule has 1 amide bonds. The fourth-order valence-electron chi connectivity index (χ4n) is 3.59. The van der Waals surface area contributed by atoms with Crippen molar-refractivity contribution in [1.82, 2.24) is 10.3 Å². The van der Waals surface area contributed by atoms with Gasteiger partial charge in [-0.2, -0.15) is 0 Å². The van der Waals surface area contributed by atoms with Crippen LogP contribution in [0.2, 0.25) is 0 Å². The Morgan fingerprint density at radius 1 is 1.26 bits per heavy atom. The van der Waals surface area contributed by atoms with Crippen molar-refractivity contribution in [3.05, 3.63) is 59.5 Å². The number of aryl methyl sites for hydroxylation is 1. The maximum absolute atomic E-state index is 12.8. The first-order valence-electron chi connectivity index (χ1n) is 10.5. The van der Waals surface area contributed by atoms with E-state index >= 15 is 0 Å². The first-order chi connectivity index (χ1) is 15.1. The summed E-state index contributed by atoms with van der Waals surface area (Å²) in [4.78, 5) is 19.5. The second-order valence-corrected chi connectivity index (χ2v) is 8.41. The van der Waals surface area contributed by atoms with Gasteiger partial charge in [0.1, 0.15) is 12.3 Å². The van der Waals surface area contributed by atoms with E-state index in [2.05, 4.69) is 36.5 Å². The lowest BCUT2D eigenvalue weighted by molar-refractivity contribution is -0.120. The number of hydrogen-bond acceptors (Lipinski definition) is 6. The number of para-hydroxylation sites is 2. The number of ether oxygens (including phenoxy) is 2. The molecule has 0 unspecified atom stereocenters. The van der Waals surface area contributed by atoms with Crippen LogP contribution in [0.5, 0.6) is 5.75 Å². The molecule has 1 aliphatic rings. The summed E-state index contributed by atoms with van der Waals surface area (Å²) in [5.41, 5.74) is 3.95. The summed E-state index contributed by atoms with van der Waals surface area (Å²) in [5, 5.41) is 5.77. The van der Waals surface area contributed by atoms with E-state index in [0.717, 1.165) is 41.5 Å². The third kappa shape index (κ3) is 5.24. The summed E-state index contributed by atoms with van der Waals surface area (Å²) in [5.74, 6) is 0.620. The van der Waals surface area contributed by atoms with Crippen LogP contribution < -0.4 is 15.0 Å². The molecule has 2 heterocycles. The van der Waals surface area contributed by atoms with E-state index in [1.165, 1.54) is 16.9 Å². The molecule has 1 atom stereocenters. The van der Waals surface area contributed by atoms with Gasteiger partial charge in [-0.1, -0.05) is 42.0 Å². The normalized spacial score (nSPS) is 15.6. The summed E-state index contributed by atoms with van der Waals surface area (Å²) in [7, 11) is 1.63. The molecule has 0 radical (unpaired) electrons. The van der Waals surface area contributed by atoms with E-state index in [9.17, 15) is 4.79 Å². The second kappa shape index (κ2) is 9.94. The van der Waals surface area contributed by atoms with Crippen molar-refractivity contribution in [1.29, 1.82) is 0 Å². The monoisotopic (exact) mass is 437 g/mol. The van der Waals surface area contributed by atoms with Crippen LogP contribution in [0.25, 0.3) is 11.3 Å². The Balaban J connectivity index is 1.58. The van der Waals surface area contributed by atoms with Crippen molar-refractivity contribution in [2.45, 2.75) is 25.9 Å². The molecule has 0 saturated carbocycles. The van der Waals surface area contributed by atoms with Gasteiger partial charge in [-0.3, -0.25) is 4.79 Å². The zero-order valence-corrected chi connectivity index (χ0v) is 18.7. The minimum absolute atomic E-state index is 0.0755. The maximum Gasteiger partial charge on any atom is 0.240 e. The number of nitrogens with zero attached hydrogens (tertiary/aromatic N) is 2. The number of thiazole rings is 1. The van der Waals surface area contributed by atoms with Crippen LogP contribution in [0.3, 0.4) is 0 Å². The third-order valence-electron chi connectivity index (χ3n) is 5.30. The summed E-state index contributed by atoms with van der Waals surface area (Å²) in [6, 6.07) is 16.0. The lowest BCUT2D eigenvalue weighted by atomic mass is 10.1. The zero-order valence-electron chi connectivity index (χ0n) is 17.8. The van der Waals surface area contributed by atoms with Crippen LogP contribution in [0, 0.1) is 6.92 Å². The Labute approximate surface area is 186 Å². The average Bonchev–Trinajstić information content (AvgIpc) is 3.49. The van der Waals surface area contributed by atoms with Crippen LogP contribution in [-0.4, -0.2) is 43.8 Å². The molecule has 31 heavy (non-hydrogen) atoms. The second-order valence-electron chi connectivity index (χ2n) is 7.58. The SMILES string of the molecule is COc1ccccc1N(CC(=O)NC[C@@H]1CCCO1)c1nc(-c2ccc(C)cc2)cs1. The number of rotatable bonds is 8. The number of methoxy groups -OCH3 is 1. The van der Waals surface area contributed by atoms with Crippen molar-refractivity contribution < 1.29 is 14.3 Å². The van der Waals surface area contributed by atoms with Gasteiger partial charge in [-0.25, -0.2) is 4.98 Å². The minimum atomic E-state index is -0.0755. The van der Waals surface area contributed by atoms with Crippen LogP contribution in [0.1, 0.15) is 18.4 Å². The Kier molecular flexibility index (Phi) is 6.84. The third-order valence-corrected chi connectivity index (χ3v) is 6.16. The molecule has 1 fully saturated rings. The molecule has 2 aromatic carbocycles. The summed E-state index contributed by atoms with van der Waals surface area (Å²) >= 11 is 1.51. The van der Waals surface area contributed by atoms with E-state index in [-0.39, 0.29) is 18.6 Å². The van der Waals surface area contributed by atoms with E-state index < -0.39 is 0 Å². The molecular formula is C24H27N3O3S. The van der Waals surface area contributed by atoms with E-state index in [4.69, 9.17) is 14.5 Å². The van der Waals surface area contributed by atoms with Gasteiger partial charge in [-0.05, 0) is 31.9 Å². The Morgan fingerprint density at radius 2 is 2.06 bits per heavy atom. The van der Waals surface area contributed by atoms with Crippen molar-refractivity contribution >= 4 is 28.1 Å². The van der Waals surface area contributed by atoms with Gasteiger partial charge in [0.15, 0.2) is 5.13 Å². The summed E-state index contributed by atoms with van der Waals surface area (Å²) < 4.78 is 11.2. The minimum Gasteiger partial charge on any atom is -0.495 e. The van der Waals surface area contributed by atoms with Crippen LogP contribution in [0.15, 0.2) is 53.9 Å². The Morgan fingerprint density at radius 3 is 2.81 bits per heavy atom. The number of anilines is 2. The van der Waals surface area contributed by atoms with Crippen LogP contribution in [0.4, 0.5) is 10.8 Å². The molecule has 0 aliphatic carbocycles. The molecule has 0 bridgehead atoms. The summed E-state index contributed by atoms with van der Waals surface area (Å²) in [6.45, 7) is 3.52. The quantitative estimate of drug-likeness (QED) is 0.560. The number of benzene rings is 2. The lowest BCUT2D eigenvalue weighted by Gasteiger charge is -2.23. The zero-order chi connectivity index (χ0) is 21.6. The molecule has 1 N–H and O–H groups in total. The maximum atomic E-state index is 12.8. The first kappa shape index (κ1) is 21.3. The number of aromatic nitrogens is 1. The van der Waals surface area contributed by atoms with Gasteiger partial charge in [0.25, 0.3) is 0 Å². The topological polar surface area (TPSA) is 63.7 Å². The van der Waals surface area contributed by atoms with Gasteiger partial charge < -0.3 is 19.7 Å². The van der Waals surface area contributed by atoms with E-state index in [1.807, 2.05) is 34.5 Å². The predicted octanol–water partition coefficient (Wildman–Crippen LogP) is 4.56. The highest BCUT2D eigenvalue weighted by Gasteiger charge is 2.22. The number of hydrogen-bond donors (Lipinski definition) is 1. The van der Waals surface area contributed by atoms with Crippen LogP contribution in [-0.2, 0) is 9.53 Å². The molecule has 1 aromatic heterocycles. The lowest BCUT2D eigenvalue weighted by Crippen LogP contribution is -2.38. The van der Waals surface area contributed by atoms with Gasteiger partial charge in [-0.15, -0.1) is 11.3 Å². The van der Waals surface area contributed by atoms with Gasteiger partial charge in [0.05, 0.1) is 24.6 Å². The van der Waals surface area contributed by atoms with Gasteiger partial charge in [0.2, 0.25) is 5.91 Å². The van der Waals surface area contributed by atoms with Crippen molar-refractivity contribution in [3.8, 4) is 17.0 Å². The number of nitrogens with one attached hydrogen (secondary N) is 1. The molecule has 1 saturated heterocycles. The molecule has 1 aliphatic heterocycles. The van der Waals surface area contributed by atoms with Crippen molar-refractivity contribution in [2.75, 3.05) is 31.7 Å². The molecule has 162 valence electrons. The first-order valence-corrected chi connectivity index (χ1v) is 11.3. The molecule has 6 nitrogen and oxygen atoms in total. The number of carbonyl (C=O) groups excluding carboxylic acids is 1. The predicted molar refractivity (Wildman–Crippen MR) is 124 cm³/mol. The molecule has 3 aromatic rings. The largest absolute Gasteiger partial charge is 0.495 e. The standard InChI is InChI=1S/C24H27N3O3S/c1-17-9-11-18(12-10-17)20-16-31-24(26-20)27(21-7-3-4-8-22(21)29-2)15-23(28)25-14-19-6-5-13-30-19/h3-4,7-12,16,19H,5-6,13-15H2,1-2H3,(H,25,28)/t19-/m0/s1. The molecular weight excluding hydrogens is 410 g/mol. The van der Waals surface area contributed by atoms with Crippen molar-refractivity contribution in [2.24, 2.45) is 0 Å². The summed E-state index contributed by atoms with van der Waals surface area (Å²) in [6.07, 6.45) is 2.15. The van der Waals surface area contributed by atoms with Crippen LogP contribution >= 0.6 is 11.3 Å². The smallest absolute Gasteiger partial charge is 0.240 e. The Hall–Kier alpha value is -2.90. The van der Waals surface area contributed by atoms with E-state index in [0.29, 0.717) is 12.3 Å². The number of carbonyl (C=O) groups is 1. The molecule has 7 heteroatoms. The number of amides is 1. The highest BCUT2D eigenvalue weighted by atomic mass is 32.1. The highest BCUT2D eigenvalue weighted by Crippen LogP contribution is 2.36.